The average Bonchev–Trinajstić information content (AvgIpc) is 3.65. The zero-order valence-electron chi connectivity index (χ0n) is 24.8. The summed E-state index contributed by atoms with van der Waals surface area (Å²) in [6.45, 7) is 0.107. The fourth-order valence-corrected chi connectivity index (χ4v) is 9.57. The van der Waals surface area contributed by atoms with E-state index in [1.54, 1.807) is 0 Å². The van der Waals surface area contributed by atoms with Gasteiger partial charge in [-0.1, -0.05) is 115 Å². The number of rotatable bonds is 1. The van der Waals surface area contributed by atoms with Crippen molar-refractivity contribution in [2.24, 2.45) is 0 Å². The first kappa shape index (κ1) is 24.7. The summed E-state index contributed by atoms with van der Waals surface area (Å²) >= 11 is 1.94. The number of benzene rings is 7. The van der Waals surface area contributed by atoms with E-state index in [9.17, 15) is 0 Å². The lowest BCUT2D eigenvalue weighted by atomic mass is 9.43. The van der Waals surface area contributed by atoms with E-state index >= 15 is 0 Å². The van der Waals surface area contributed by atoms with E-state index < -0.39 is 0 Å². The van der Waals surface area contributed by atoms with Crippen LogP contribution in [0, 0.1) is 0 Å². The molecule has 0 N–H and O–H groups in total. The molecule has 11 rings (SSSR count). The van der Waals surface area contributed by atoms with Crippen LogP contribution in [0.15, 0.2) is 152 Å². The van der Waals surface area contributed by atoms with Crippen molar-refractivity contribution < 1.29 is 0 Å². The van der Waals surface area contributed by atoms with Gasteiger partial charge in [0.15, 0.2) is 0 Å². The van der Waals surface area contributed by atoms with Gasteiger partial charge < -0.3 is 9.38 Å². The van der Waals surface area contributed by atoms with Crippen LogP contribution in [0.25, 0.3) is 69.9 Å². The van der Waals surface area contributed by atoms with Crippen molar-refractivity contribution in [2.45, 2.75) is 0 Å². The smallest absolute Gasteiger partial charge is 0.329 e. The molecule has 212 valence electrons. The zero-order chi connectivity index (χ0) is 29.9. The summed E-state index contributed by atoms with van der Waals surface area (Å²) in [5, 5.41) is 5.22. The summed E-state index contributed by atoms with van der Waals surface area (Å²) in [6.07, 6.45) is 0. The van der Waals surface area contributed by atoms with Gasteiger partial charge in [-0.15, -0.1) is 11.3 Å². The quantitative estimate of drug-likeness (QED) is 0.170. The maximum absolute atomic E-state index is 2.65. The van der Waals surface area contributed by atoms with Gasteiger partial charge in [0.25, 0.3) is 0 Å². The molecule has 0 saturated heterocycles. The monoisotopic (exact) mass is 600 g/mol. The van der Waals surface area contributed by atoms with Gasteiger partial charge in [-0.3, -0.25) is 0 Å². The third-order valence-electron chi connectivity index (χ3n) is 10.2. The Morgan fingerprint density at radius 1 is 0.457 bits per heavy atom. The van der Waals surface area contributed by atoms with E-state index in [1.165, 1.54) is 92.2 Å². The van der Waals surface area contributed by atoms with Crippen molar-refractivity contribution in [1.82, 2.24) is 4.57 Å². The molecule has 0 fully saturated rings. The predicted octanol–water partition coefficient (Wildman–Crippen LogP) is 10.1. The third-order valence-corrected chi connectivity index (χ3v) is 11.4. The highest BCUT2D eigenvalue weighted by atomic mass is 32.1. The molecule has 0 amide bonds. The van der Waals surface area contributed by atoms with Gasteiger partial charge in [-0.25, -0.2) is 0 Å². The molecule has 2 aromatic heterocycles. The van der Waals surface area contributed by atoms with Crippen LogP contribution >= 0.6 is 11.3 Å². The second-order valence-corrected chi connectivity index (χ2v) is 13.5. The number of aromatic nitrogens is 1. The molecule has 4 heterocycles. The first-order valence-electron chi connectivity index (χ1n) is 15.9. The van der Waals surface area contributed by atoms with Crippen molar-refractivity contribution in [3.8, 4) is 27.9 Å². The summed E-state index contributed by atoms with van der Waals surface area (Å²) in [7, 11) is 0. The maximum atomic E-state index is 2.65. The number of thiophene rings is 1. The summed E-state index contributed by atoms with van der Waals surface area (Å²) in [6, 6.07) is 56.2. The second-order valence-electron chi connectivity index (χ2n) is 12.5. The van der Waals surface area contributed by atoms with E-state index in [0.717, 1.165) is 0 Å². The average molecular weight is 601 g/mol. The third kappa shape index (κ3) is 3.12. The number of anilines is 2. The molecular weight excluding hydrogens is 575 g/mol. The van der Waals surface area contributed by atoms with Gasteiger partial charge in [0.05, 0.1) is 21.4 Å². The van der Waals surface area contributed by atoms with Crippen molar-refractivity contribution in [1.29, 1.82) is 0 Å². The zero-order valence-corrected chi connectivity index (χ0v) is 25.6. The molecule has 0 aliphatic carbocycles. The standard InChI is InChI=1S/C42H25BN2S/c1-2-12-26(13-3-1)44-37-20-10-6-17-30(37)33-25-40-34(24-39(33)44)32-23-22-31-28-15-5-9-19-36(28)43-35-18-8-4-14-27(35)29-16-7-11-21-38(29)45(43)41(31)42(32)46-40/h1-25H. The number of para-hydroxylation sites is 3. The van der Waals surface area contributed by atoms with Crippen LogP contribution in [0.2, 0.25) is 0 Å². The Kier molecular flexibility index (Phi) is 4.83. The van der Waals surface area contributed by atoms with E-state index in [1.807, 2.05) is 11.3 Å². The molecule has 0 spiro atoms. The number of hydrogen-bond acceptors (Lipinski definition) is 2. The van der Waals surface area contributed by atoms with Crippen LogP contribution in [-0.2, 0) is 0 Å². The van der Waals surface area contributed by atoms with Gasteiger partial charge in [-0.05, 0) is 58.5 Å². The molecule has 4 heteroatoms. The van der Waals surface area contributed by atoms with Crippen LogP contribution in [-0.4, -0.2) is 11.4 Å². The molecule has 2 aliphatic heterocycles. The fourth-order valence-electron chi connectivity index (χ4n) is 8.31. The number of nitrogens with zero attached hydrogens (tertiary/aromatic N) is 2. The molecule has 0 radical (unpaired) electrons. The molecule has 9 aromatic rings. The van der Waals surface area contributed by atoms with Crippen molar-refractivity contribution in [3.63, 3.8) is 0 Å². The molecule has 0 saturated carbocycles. The minimum absolute atomic E-state index is 0.107. The van der Waals surface area contributed by atoms with Crippen LogP contribution in [0.4, 0.5) is 11.4 Å². The Hall–Kier alpha value is -5.58. The Morgan fingerprint density at radius 2 is 1.13 bits per heavy atom. The highest BCUT2D eigenvalue weighted by Crippen LogP contribution is 2.52. The lowest BCUT2D eigenvalue weighted by molar-refractivity contribution is 1.18. The largest absolute Gasteiger partial charge is 0.375 e. The van der Waals surface area contributed by atoms with E-state index in [0.29, 0.717) is 0 Å². The van der Waals surface area contributed by atoms with Gasteiger partial charge in [0, 0.05) is 48.7 Å². The van der Waals surface area contributed by atoms with Crippen LogP contribution in [0.3, 0.4) is 0 Å². The van der Waals surface area contributed by atoms with Crippen molar-refractivity contribution >= 4 is 82.5 Å². The van der Waals surface area contributed by atoms with Gasteiger partial charge >= 0.3 is 6.85 Å². The van der Waals surface area contributed by atoms with Gasteiger partial charge in [-0.2, -0.15) is 0 Å². The van der Waals surface area contributed by atoms with Crippen molar-refractivity contribution in [2.75, 3.05) is 4.81 Å². The van der Waals surface area contributed by atoms with Gasteiger partial charge in [0.2, 0.25) is 0 Å². The molecule has 7 aromatic carbocycles. The lowest BCUT2D eigenvalue weighted by Crippen LogP contribution is -2.59. The highest BCUT2D eigenvalue weighted by molar-refractivity contribution is 7.26. The van der Waals surface area contributed by atoms with E-state index in [2.05, 4.69) is 161 Å². The Morgan fingerprint density at radius 3 is 1.96 bits per heavy atom. The second kappa shape index (κ2) is 9.00. The summed E-state index contributed by atoms with van der Waals surface area (Å²) < 4.78 is 5.10. The normalized spacial score (nSPS) is 13.1. The molecule has 0 bridgehead atoms. The highest BCUT2D eigenvalue weighted by Gasteiger charge is 2.43. The summed E-state index contributed by atoms with van der Waals surface area (Å²) in [5.41, 5.74) is 14.3. The topological polar surface area (TPSA) is 8.17 Å². The fraction of sp³-hybridized carbons (Fsp3) is 0. The SMILES string of the molecule is c1ccc(-n2c3ccccc3c3cc4sc5c6c(ccc5c4cc32)-c2ccccc2B2c3ccccc3-c3ccccc3N26)cc1. The first-order valence-corrected chi connectivity index (χ1v) is 16.7. The van der Waals surface area contributed by atoms with Crippen LogP contribution in [0.5, 0.6) is 0 Å². The van der Waals surface area contributed by atoms with Crippen LogP contribution < -0.4 is 15.7 Å². The lowest BCUT2D eigenvalue weighted by Gasteiger charge is -2.43. The molecule has 0 unspecified atom stereocenters. The Balaban J connectivity index is 1.27. The molecule has 46 heavy (non-hydrogen) atoms. The molecule has 2 nitrogen and oxygen atoms in total. The van der Waals surface area contributed by atoms with E-state index in [4.69, 9.17) is 0 Å². The first-order chi connectivity index (χ1) is 22.8. The number of hydrogen-bond donors (Lipinski definition) is 0. The number of fused-ring (bicyclic) bond motifs is 18. The van der Waals surface area contributed by atoms with E-state index in [-0.39, 0.29) is 6.85 Å². The molecule has 2 aliphatic rings. The Bertz CT molecular complexity index is 2720. The van der Waals surface area contributed by atoms with Crippen molar-refractivity contribution in [3.05, 3.63) is 152 Å². The predicted molar refractivity (Wildman–Crippen MR) is 198 cm³/mol. The maximum Gasteiger partial charge on any atom is 0.329 e. The van der Waals surface area contributed by atoms with Crippen LogP contribution in [0.1, 0.15) is 0 Å². The van der Waals surface area contributed by atoms with Gasteiger partial charge in [0.1, 0.15) is 0 Å². The molecular formula is C42H25BN2S. The minimum Gasteiger partial charge on any atom is -0.375 e. The minimum atomic E-state index is 0.107. The Labute approximate surface area is 270 Å². The summed E-state index contributed by atoms with van der Waals surface area (Å²) in [5.74, 6) is 0. The molecule has 0 atom stereocenters. The summed E-state index contributed by atoms with van der Waals surface area (Å²) in [4.78, 5) is 2.65.